The summed E-state index contributed by atoms with van der Waals surface area (Å²) >= 11 is 3.40. The van der Waals surface area contributed by atoms with E-state index >= 15 is 0 Å². The van der Waals surface area contributed by atoms with Gasteiger partial charge >= 0.3 is 0 Å². The SMILES string of the molecule is Nc1c(C(=O)NCC2CC2)nc2c(Br)cccn12. The predicted molar refractivity (Wildman–Crippen MR) is 72.4 cm³/mol. The van der Waals surface area contributed by atoms with Crippen LogP contribution in [0.1, 0.15) is 23.3 Å². The maximum absolute atomic E-state index is 12.0. The Kier molecular flexibility index (Phi) is 2.74. The summed E-state index contributed by atoms with van der Waals surface area (Å²) in [5.41, 5.74) is 6.90. The van der Waals surface area contributed by atoms with Crippen molar-refractivity contribution in [2.45, 2.75) is 12.8 Å². The normalized spacial score (nSPS) is 14.9. The largest absolute Gasteiger partial charge is 0.383 e. The van der Waals surface area contributed by atoms with E-state index in [9.17, 15) is 4.79 Å². The quantitative estimate of drug-likeness (QED) is 0.908. The van der Waals surface area contributed by atoms with Crippen LogP contribution in [0.5, 0.6) is 0 Å². The molecule has 2 heterocycles. The fraction of sp³-hybridized carbons (Fsp3) is 0.333. The lowest BCUT2D eigenvalue weighted by atomic mass is 10.3. The smallest absolute Gasteiger partial charge is 0.273 e. The summed E-state index contributed by atoms with van der Waals surface area (Å²) in [6.07, 6.45) is 4.19. The lowest BCUT2D eigenvalue weighted by Crippen LogP contribution is -2.26. The molecule has 0 bridgehead atoms. The van der Waals surface area contributed by atoms with Crippen LogP contribution in [0.3, 0.4) is 0 Å². The fourth-order valence-corrected chi connectivity index (χ4v) is 2.29. The molecule has 3 rings (SSSR count). The Bertz CT molecular complexity index is 618. The fourth-order valence-electron chi connectivity index (χ4n) is 1.86. The average Bonchev–Trinajstić information content (AvgIpc) is 3.12. The van der Waals surface area contributed by atoms with Gasteiger partial charge in [0.05, 0.1) is 4.47 Å². The van der Waals surface area contributed by atoms with Gasteiger partial charge in [0.25, 0.3) is 5.91 Å². The van der Waals surface area contributed by atoms with E-state index in [1.54, 1.807) is 10.6 Å². The van der Waals surface area contributed by atoms with Crippen molar-refractivity contribution in [3.8, 4) is 0 Å². The van der Waals surface area contributed by atoms with Gasteiger partial charge in [-0.05, 0) is 46.8 Å². The van der Waals surface area contributed by atoms with Crippen LogP contribution in [0.25, 0.3) is 5.65 Å². The third-order valence-electron chi connectivity index (χ3n) is 3.10. The molecule has 3 N–H and O–H groups in total. The van der Waals surface area contributed by atoms with E-state index in [0.717, 1.165) is 4.47 Å². The van der Waals surface area contributed by atoms with Crippen LogP contribution < -0.4 is 11.1 Å². The molecule has 0 aromatic carbocycles. The van der Waals surface area contributed by atoms with Crippen LogP contribution in [0, 0.1) is 5.92 Å². The second-order valence-corrected chi connectivity index (χ2v) is 5.40. The number of carbonyl (C=O) groups is 1. The van der Waals surface area contributed by atoms with Crippen molar-refractivity contribution < 1.29 is 4.79 Å². The number of rotatable bonds is 3. The first-order valence-electron chi connectivity index (χ1n) is 5.87. The Morgan fingerprint density at radius 3 is 3.06 bits per heavy atom. The zero-order chi connectivity index (χ0) is 12.7. The first-order valence-corrected chi connectivity index (χ1v) is 6.66. The molecule has 0 aliphatic heterocycles. The van der Waals surface area contributed by atoms with Gasteiger partial charge in [-0.2, -0.15) is 0 Å². The van der Waals surface area contributed by atoms with Crippen molar-refractivity contribution >= 4 is 33.3 Å². The number of pyridine rings is 1. The highest BCUT2D eigenvalue weighted by Gasteiger charge is 2.24. The molecule has 1 aliphatic carbocycles. The molecule has 0 atom stereocenters. The van der Waals surface area contributed by atoms with E-state index in [0.29, 0.717) is 29.6 Å². The van der Waals surface area contributed by atoms with Crippen molar-refractivity contribution in [1.29, 1.82) is 0 Å². The maximum Gasteiger partial charge on any atom is 0.273 e. The summed E-state index contributed by atoms with van der Waals surface area (Å²) < 4.78 is 2.52. The highest BCUT2D eigenvalue weighted by Crippen LogP contribution is 2.28. The number of imidazole rings is 1. The van der Waals surface area contributed by atoms with Gasteiger partial charge in [0.2, 0.25) is 0 Å². The van der Waals surface area contributed by atoms with Gasteiger partial charge in [0.1, 0.15) is 5.82 Å². The van der Waals surface area contributed by atoms with Crippen LogP contribution in [0.2, 0.25) is 0 Å². The number of halogens is 1. The Morgan fingerprint density at radius 1 is 1.61 bits per heavy atom. The molecule has 1 aliphatic rings. The summed E-state index contributed by atoms with van der Waals surface area (Å²) in [5.74, 6) is 0.813. The summed E-state index contributed by atoms with van der Waals surface area (Å²) in [6, 6.07) is 3.72. The number of nitrogens with two attached hydrogens (primary N) is 1. The monoisotopic (exact) mass is 308 g/mol. The van der Waals surface area contributed by atoms with Crippen molar-refractivity contribution in [2.24, 2.45) is 5.92 Å². The zero-order valence-corrected chi connectivity index (χ0v) is 11.3. The molecule has 18 heavy (non-hydrogen) atoms. The van der Waals surface area contributed by atoms with Gasteiger partial charge in [0, 0.05) is 12.7 Å². The summed E-state index contributed by atoms with van der Waals surface area (Å²) in [4.78, 5) is 16.3. The summed E-state index contributed by atoms with van der Waals surface area (Å²) in [6.45, 7) is 0.716. The second kappa shape index (κ2) is 4.28. The number of fused-ring (bicyclic) bond motifs is 1. The predicted octanol–water partition coefficient (Wildman–Crippen LogP) is 1.82. The number of hydrogen-bond donors (Lipinski definition) is 2. The van der Waals surface area contributed by atoms with Gasteiger partial charge in [-0.1, -0.05) is 0 Å². The van der Waals surface area contributed by atoms with Gasteiger partial charge < -0.3 is 11.1 Å². The van der Waals surface area contributed by atoms with E-state index in [1.807, 2.05) is 12.1 Å². The molecule has 0 radical (unpaired) electrons. The van der Waals surface area contributed by atoms with Crippen LogP contribution in [0.15, 0.2) is 22.8 Å². The number of anilines is 1. The lowest BCUT2D eigenvalue weighted by molar-refractivity contribution is 0.0948. The Morgan fingerprint density at radius 2 is 2.39 bits per heavy atom. The highest BCUT2D eigenvalue weighted by atomic mass is 79.9. The first kappa shape index (κ1) is 11.5. The molecular formula is C12H13BrN4O. The molecule has 0 saturated heterocycles. The molecule has 1 saturated carbocycles. The van der Waals surface area contributed by atoms with Crippen LogP contribution >= 0.6 is 15.9 Å². The molecule has 0 unspecified atom stereocenters. The Balaban J connectivity index is 1.93. The molecule has 94 valence electrons. The van der Waals surface area contributed by atoms with Gasteiger partial charge in [0.15, 0.2) is 11.3 Å². The molecule has 1 amide bonds. The number of aromatic nitrogens is 2. The minimum absolute atomic E-state index is 0.199. The number of nitrogens with one attached hydrogen (secondary N) is 1. The van der Waals surface area contributed by atoms with E-state index < -0.39 is 0 Å². The second-order valence-electron chi connectivity index (χ2n) is 4.55. The molecular weight excluding hydrogens is 296 g/mol. The number of carbonyl (C=O) groups excluding carboxylic acids is 1. The van der Waals surface area contributed by atoms with Gasteiger partial charge in [-0.15, -0.1) is 0 Å². The molecule has 6 heteroatoms. The number of amides is 1. The highest BCUT2D eigenvalue weighted by molar-refractivity contribution is 9.10. The average molecular weight is 309 g/mol. The standard InChI is InChI=1S/C12H13BrN4O/c13-8-2-1-5-17-10(14)9(16-11(8)17)12(18)15-6-7-3-4-7/h1-2,5,7H,3-4,6,14H2,(H,15,18). The van der Waals surface area contributed by atoms with E-state index in [4.69, 9.17) is 5.73 Å². The van der Waals surface area contributed by atoms with Crippen LogP contribution in [-0.4, -0.2) is 21.8 Å². The van der Waals surface area contributed by atoms with E-state index in [1.165, 1.54) is 12.8 Å². The van der Waals surface area contributed by atoms with Gasteiger partial charge in [-0.25, -0.2) is 4.98 Å². The van der Waals surface area contributed by atoms with Crippen molar-refractivity contribution in [3.05, 3.63) is 28.5 Å². The van der Waals surface area contributed by atoms with E-state index in [2.05, 4.69) is 26.2 Å². The van der Waals surface area contributed by atoms with E-state index in [-0.39, 0.29) is 5.91 Å². The summed E-state index contributed by atoms with van der Waals surface area (Å²) in [5, 5.41) is 2.87. The first-order chi connectivity index (χ1) is 8.66. The Hall–Kier alpha value is -1.56. The van der Waals surface area contributed by atoms with Crippen LogP contribution in [-0.2, 0) is 0 Å². The lowest BCUT2D eigenvalue weighted by Gasteiger charge is -2.01. The number of hydrogen-bond acceptors (Lipinski definition) is 3. The minimum Gasteiger partial charge on any atom is -0.383 e. The molecule has 0 spiro atoms. The van der Waals surface area contributed by atoms with Gasteiger partial charge in [-0.3, -0.25) is 9.20 Å². The molecule has 1 fully saturated rings. The third kappa shape index (κ3) is 1.96. The van der Waals surface area contributed by atoms with Crippen molar-refractivity contribution in [1.82, 2.24) is 14.7 Å². The summed E-state index contributed by atoms with van der Waals surface area (Å²) in [7, 11) is 0. The van der Waals surface area contributed by atoms with Crippen molar-refractivity contribution in [3.63, 3.8) is 0 Å². The minimum atomic E-state index is -0.199. The third-order valence-corrected chi connectivity index (χ3v) is 3.72. The topological polar surface area (TPSA) is 72.4 Å². The zero-order valence-electron chi connectivity index (χ0n) is 9.69. The molecule has 2 aromatic heterocycles. The number of nitrogen functional groups attached to an aromatic ring is 1. The van der Waals surface area contributed by atoms with Crippen molar-refractivity contribution in [2.75, 3.05) is 12.3 Å². The molecule has 5 nitrogen and oxygen atoms in total. The molecule has 2 aromatic rings. The number of nitrogens with zero attached hydrogens (tertiary/aromatic N) is 2. The maximum atomic E-state index is 12.0. The van der Waals surface area contributed by atoms with Crippen LogP contribution in [0.4, 0.5) is 5.82 Å². The Labute approximate surface area is 113 Å².